The van der Waals surface area contributed by atoms with Crippen LogP contribution in [0.2, 0.25) is 0 Å². The van der Waals surface area contributed by atoms with Crippen molar-refractivity contribution in [2.75, 3.05) is 21.0 Å². The lowest BCUT2D eigenvalue weighted by Crippen LogP contribution is -2.25. The number of alkyl halides is 2. The van der Waals surface area contributed by atoms with E-state index in [9.17, 15) is 18.0 Å². The molecule has 1 aromatic carbocycles. The zero-order valence-electron chi connectivity index (χ0n) is 10.1. The van der Waals surface area contributed by atoms with Gasteiger partial charge in [-0.3, -0.25) is 0 Å². The molecule has 0 fully saturated rings. The zero-order chi connectivity index (χ0) is 14.5. The number of carbonyl (C=O) groups is 1. The number of carbonyl (C=O) groups excluding carboxylic acids is 1. The number of ether oxygens (including phenoxy) is 3. The van der Waals surface area contributed by atoms with Gasteiger partial charge in [-0.05, 0) is 30.0 Å². The molecular weight excluding hydrogens is 285 g/mol. The van der Waals surface area contributed by atoms with Crippen molar-refractivity contribution in [3.63, 3.8) is 0 Å². The SMILES string of the molecule is COCOc1cc(SC(F)(F)C(=O)OC)ccc1F. The molecule has 19 heavy (non-hydrogen) atoms. The van der Waals surface area contributed by atoms with Gasteiger partial charge in [0, 0.05) is 12.0 Å². The van der Waals surface area contributed by atoms with Gasteiger partial charge in [0.1, 0.15) is 0 Å². The summed E-state index contributed by atoms with van der Waals surface area (Å²) >= 11 is -0.0605. The Morgan fingerprint density at radius 1 is 1.37 bits per heavy atom. The highest BCUT2D eigenvalue weighted by molar-refractivity contribution is 8.01. The molecule has 0 bridgehead atoms. The Labute approximate surface area is 111 Å². The minimum atomic E-state index is -3.76. The number of halogens is 3. The standard InChI is InChI=1S/C11H11F3O4S/c1-16-6-18-9-5-7(3-4-8(9)12)19-11(13,14)10(15)17-2/h3-5H,6H2,1-2H3. The molecule has 0 aliphatic heterocycles. The Bertz CT molecular complexity index is 454. The lowest BCUT2D eigenvalue weighted by atomic mass is 10.3. The summed E-state index contributed by atoms with van der Waals surface area (Å²) in [6.45, 7) is -0.224. The van der Waals surface area contributed by atoms with Crippen molar-refractivity contribution in [2.45, 2.75) is 10.2 Å². The van der Waals surface area contributed by atoms with Gasteiger partial charge >= 0.3 is 11.2 Å². The van der Waals surface area contributed by atoms with Gasteiger partial charge in [-0.1, -0.05) is 0 Å². The molecule has 0 spiro atoms. The Morgan fingerprint density at radius 3 is 2.63 bits per heavy atom. The summed E-state index contributed by atoms with van der Waals surface area (Å²) in [5.74, 6) is -2.64. The Hall–Kier alpha value is -1.41. The normalized spacial score (nSPS) is 11.2. The fourth-order valence-corrected chi connectivity index (χ4v) is 1.85. The number of benzene rings is 1. The lowest BCUT2D eigenvalue weighted by molar-refractivity contribution is -0.156. The van der Waals surface area contributed by atoms with E-state index in [1.807, 2.05) is 0 Å². The second kappa shape index (κ2) is 6.67. The highest BCUT2D eigenvalue weighted by atomic mass is 32.2. The summed E-state index contributed by atoms with van der Waals surface area (Å²) in [6, 6.07) is 3.12. The molecule has 0 saturated heterocycles. The molecule has 1 rings (SSSR count). The molecule has 1 aromatic rings. The molecule has 0 unspecified atom stereocenters. The Balaban J connectivity index is 2.87. The van der Waals surface area contributed by atoms with Crippen molar-refractivity contribution in [3.8, 4) is 5.75 Å². The van der Waals surface area contributed by atoms with E-state index in [1.54, 1.807) is 0 Å². The third-order valence-electron chi connectivity index (χ3n) is 1.90. The van der Waals surface area contributed by atoms with Gasteiger partial charge < -0.3 is 14.2 Å². The maximum atomic E-state index is 13.3. The van der Waals surface area contributed by atoms with Crippen LogP contribution < -0.4 is 4.74 Å². The molecule has 0 aliphatic rings. The van der Waals surface area contributed by atoms with Crippen molar-refractivity contribution in [1.29, 1.82) is 0 Å². The predicted octanol–water partition coefficient (Wildman–Crippen LogP) is 2.67. The number of hydrogen-bond donors (Lipinski definition) is 0. The summed E-state index contributed by atoms with van der Waals surface area (Å²) in [6.07, 6.45) is 0. The lowest BCUT2D eigenvalue weighted by Gasteiger charge is -2.13. The second-order valence-corrected chi connectivity index (χ2v) is 4.44. The third-order valence-corrected chi connectivity index (χ3v) is 2.82. The minimum absolute atomic E-state index is 0.0390. The van der Waals surface area contributed by atoms with Crippen LogP contribution in [-0.4, -0.2) is 32.2 Å². The first-order chi connectivity index (χ1) is 8.90. The van der Waals surface area contributed by atoms with Crippen LogP contribution in [0.15, 0.2) is 23.1 Å². The maximum absolute atomic E-state index is 13.3. The summed E-state index contributed by atoms with van der Waals surface area (Å²) < 4.78 is 53.3. The van der Waals surface area contributed by atoms with Gasteiger partial charge in [0.25, 0.3) is 0 Å². The van der Waals surface area contributed by atoms with E-state index in [0.29, 0.717) is 0 Å². The van der Waals surface area contributed by atoms with Gasteiger partial charge in [-0.25, -0.2) is 9.18 Å². The number of thioether (sulfide) groups is 1. The van der Waals surface area contributed by atoms with Gasteiger partial charge in [-0.2, -0.15) is 8.78 Å². The smallest absolute Gasteiger partial charge is 0.393 e. The number of hydrogen-bond acceptors (Lipinski definition) is 5. The molecule has 0 amide bonds. The fraction of sp³-hybridized carbons (Fsp3) is 0.364. The average Bonchev–Trinajstić information content (AvgIpc) is 2.38. The van der Waals surface area contributed by atoms with E-state index in [4.69, 9.17) is 4.74 Å². The summed E-state index contributed by atoms with van der Waals surface area (Å²) in [5, 5.41) is -3.76. The monoisotopic (exact) mass is 296 g/mol. The van der Waals surface area contributed by atoms with E-state index in [2.05, 4.69) is 9.47 Å². The summed E-state index contributed by atoms with van der Waals surface area (Å²) in [5.41, 5.74) is 0. The predicted molar refractivity (Wildman–Crippen MR) is 61.7 cm³/mol. The fourth-order valence-electron chi connectivity index (χ4n) is 1.09. The second-order valence-electron chi connectivity index (χ2n) is 3.25. The van der Waals surface area contributed by atoms with Gasteiger partial charge in [-0.15, -0.1) is 0 Å². The molecule has 0 atom stereocenters. The first-order valence-corrected chi connectivity index (χ1v) is 5.79. The van der Waals surface area contributed by atoms with Crippen molar-refractivity contribution in [2.24, 2.45) is 0 Å². The number of esters is 1. The van der Waals surface area contributed by atoms with E-state index in [-0.39, 0.29) is 29.2 Å². The van der Waals surface area contributed by atoms with Crippen LogP contribution in [0.3, 0.4) is 0 Å². The van der Waals surface area contributed by atoms with Gasteiger partial charge in [0.2, 0.25) is 0 Å². The molecule has 106 valence electrons. The highest BCUT2D eigenvalue weighted by Crippen LogP contribution is 2.38. The topological polar surface area (TPSA) is 44.8 Å². The molecule has 0 radical (unpaired) electrons. The molecule has 0 aromatic heterocycles. The summed E-state index contributed by atoms with van der Waals surface area (Å²) in [7, 11) is 2.19. The van der Waals surface area contributed by atoms with Crippen LogP contribution in [-0.2, 0) is 14.3 Å². The number of methoxy groups -OCH3 is 2. The largest absolute Gasteiger partial charge is 0.464 e. The Morgan fingerprint density at radius 2 is 2.05 bits per heavy atom. The van der Waals surface area contributed by atoms with Crippen LogP contribution in [0, 0.1) is 5.82 Å². The quantitative estimate of drug-likeness (QED) is 0.459. The van der Waals surface area contributed by atoms with Crippen LogP contribution in [0.25, 0.3) is 0 Å². The molecular formula is C11H11F3O4S. The molecule has 8 heteroatoms. The molecule has 0 aliphatic carbocycles. The average molecular weight is 296 g/mol. The summed E-state index contributed by atoms with van der Waals surface area (Å²) in [4.78, 5) is 10.8. The van der Waals surface area contributed by atoms with E-state index >= 15 is 0 Å². The highest BCUT2D eigenvalue weighted by Gasteiger charge is 2.41. The Kier molecular flexibility index (Phi) is 5.49. The van der Waals surface area contributed by atoms with Gasteiger partial charge in [0.05, 0.1) is 7.11 Å². The van der Waals surface area contributed by atoms with Crippen molar-refractivity contribution in [3.05, 3.63) is 24.0 Å². The minimum Gasteiger partial charge on any atom is -0.464 e. The van der Waals surface area contributed by atoms with Crippen LogP contribution in [0.4, 0.5) is 13.2 Å². The van der Waals surface area contributed by atoms with E-state index < -0.39 is 17.0 Å². The van der Waals surface area contributed by atoms with Crippen LogP contribution in [0.5, 0.6) is 5.75 Å². The zero-order valence-corrected chi connectivity index (χ0v) is 10.9. The van der Waals surface area contributed by atoms with E-state index in [0.717, 1.165) is 25.3 Å². The number of rotatable bonds is 6. The maximum Gasteiger partial charge on any atom is 0.393 e. The molecule has 0 N–H and O–H groups in total. The van der Waals surface area contributed by atoms with Crippen molar-refractivity contribution < 1.29 is 32.2 Å². The molecule has 4 nitrogen and oxygen atoms in total. The first kappa shape index (κ1) is 15.6. The molecule has 0 saturated carbocycles. The first-order valence-electron chi connectivity index (χ1n) is 4.97. The van der Waals surface area contributed by atoms with E-state index in [1.165, 1.54) is 7.11 Å². The van der Waals surface area contributed by atoms with Crippen LogP contribution in [0.1, 0.15) is 0 Å². The van der Waals surface area contributed by atoms with Gasteiger partial charge in [0.15, 0.2) is 18.4 Å². The van der Waals surface area contributed by atoms with Crippen molar-refractivity contribution >= 4 is 17.7 Å². The van der Waals surface area contributed by atoms with Crippen molar-refractivity contribution in [1.82, 2.24) is 0 Å². The molecule has 0 heterocycles. The third kappa shape index (κ3) is 4.32. The van der Waals surface area contributed by atoms with Crippen LogP contribution >= 0.6 is 11.8 Å².